The molecule has 176 valence electrons. The van der Waals surface area contributed by atoms with Crippen LogP contribution < -0.4 is 26.6 Å². The van der Waals surface area contributed by atoms with E-state index in [-0.39, 0.29) is 25.4 Å². The average molecular weight is 586 g/mol. The molecule has 0 saturated carbocycles. The standard InChI is InChI=1S/C19H14BrClN6O5S2/c1-22-13-7-12-10(6-11(13)20)17(28)27(19(30)25-12)15-4-2-9(8-23-15)24-18(29)26-34(31,32)16-5-3-14(21)33-16/h2-8,22H,1H3,(H,25,30)(H2,24,26,29). The van der Waals surface area contributed by atoms with Gasteiger partial charge >= 0.3 is 11.7 Å². The molecule has 0 aliphatic heterocycles. The quantitative estimate of drug-likeness (QED) is 0.280. The van der Waals surface area contributed by atoms with Crippen molar-refractivity contribution < 1.29 is 13.2 Å². The van der Waals surface area contributed by atoms with Crippen LogP contribution in [0.2, 0.25) is 4.34 Å². The minimum atomic E-state index is -4.10. The van der Waals surface area contributed by atoms with Crippen LogP contribution >= 0.6 is 38.9 Å². The third-order valence-electron chi connectivity index (χ3n) is 4.53. The van der Waals surface area contributed by atoms with Gasteiger partial charge in [0.05, 0.1) is 32.8 Å². The zero-order valence-electron chi connectivity index (χ0n) is 17.0. The van der Waals surface area contributed by atoms with Gasteiger partial charge in [-0.15, -0.1) is 11.3 Å². The average Bonchev–Trinajstić information content (AvgIpc) is 3.22. The molecule has 0 aliphatic carbocycles. The number of nitrogens with one attached hydrogen (secondary N) is 4. The molecule has 4 aromatic rings. The lowest BCUT2D eigenvalue weighted by atomic mass is 10.2. The lowest BCUT2D eigenvalue weighted by Gasteiger charge is -2.10. The molecule has 34 heavy (non-hydrogen) atoms. The number of aromatic nitrogens is 3. The van der Waals surface area contributed by atoms with Crippen molar-refractivity contribution in [3.8, 4) is 5.82 Å². The Balaban J connectivity index is 1.58. The van der Waals surface area contributed by atoms with Crippen LogP contribution in [0.5, 0.6) is 0 Å². The highest BCUT2D eigenvalue weighted by molar-refractivity contribution is 9.10. The predicted octanol–water partition coefficient (Wildman–Crippen LogP) is 3.10. The fourth-order valence-corrected chi connectivity index (χ4v) is 5.93. The van der Waals surface area contributed by atoms with Crippen molar-refractivity contribution in [2.75, 3.05) is 17.7 Å². The maximum absolute atomic E-state index is 13.0. The number of aromatic amines is 1. The van der Waals surface area contributed by atoms with Gasteiger partial charge in [-0.2, -0.15) is 0 Å². The molecule has 0 radical (unpaired) electrons. The number of fused-ring (bicyclic) bond motifs is 1. The molecular weight excluding hydrogens is 572 g/mol. The summed E-state index contributed by atoms with van der Waals surface area (Å²) in [5.74, 6) is 0.00812. The molecule has 0 bridgehead atoms. The van der Waals surface area contributed by atoms with E-state index in [1.54, 1.807) is 19.2 Å². The summed E-state index contributed by atoms with van der Waals surface area (Å²) >= 11 is 9.90. The van der Waals surface area contributed by atoms with E-state index in [0.29, 0.717) is 15.7 Å². The van der Waals surface area contributed by atoms with E-state index >= 15 is 0 Å². The smallest absolute Gasteiger partial charge is 0.334 e. The summed E-state index contributed by atoms with van der Waals surface area (Å²) in [5.41, 5.74) is -0.118. The lowest BCUT2D eigenvalue weighted by Crippen LogP contribution is -2.35. The lowest BCUT2D eigenvalue weighted by molar-refractivity contribution is 0.256. The Morgan fingerprint density at radius 1 is 1.21 bits per heavy atom. The number of amides is 2. The summed E-state index contributed by atoms with van der Waals surface area (Å²) in [5, 5.41) is 5.53. The molecular formula is C19H14BrClN6O5S2. The zero-order chi connectivity index (χ0) is 24.6. The normalized spacial score (nSPS) is 11.4. The summed E-state index contributed by atoms with van der Waals surface area (Å²) < 4.78 is 27.9. The van der Waals surface area contributed by atoms with Crippen molar-refractivity contribution >= 4 is 77.2 Å². The first kappa shape index (κ1) is 23.9. The molecule has 3 aromatic heterocycles. The Hall–Kier alpha value is -3.20. The molecule has 11 nitrogen and oxygen atoms in total. The van der Waals surface area contributed by atoms with E-state index in [1.807, 2.05) is 4.72 Å². The number of benzene rings is 1. The molecule has 0 unspecified atom stereocenters. The number of thiophene rings is 1. The maximum atomic E-state index is 13.0. The number of anilines is 2. The number of halogens is 2. The Labute approximate surface area is 209 Å². The number of pyridine rings is 1. The molecule has 4 rings (SSSR count). The highest BCUT2D eigenvalue weighted by Gasteiger charge is 2.20. The van der Waals surface area contributed by atoms with E-state index in [2.05, 4.69) is 36.5 Å². The highest BCUT2D eigenvalue weighted by atomic mass is 79.9. The van der Waals surface area contributed by atoms with Crippen LogP contribution in [0.15, 0.2) is 60.9 Å². The number of rotatable bonds is 5. The van der Waals surface area contributed by atoms with Gasteiger partial charge < -0.3 is 15.6 Å². The van der Waals surface area contributed by atoms with Gasteiger partial charge in [-0.3, -0.25) is 4.79 Å². The number of H-pyrrole nitrogens is 1. The number of hydrogen-bond donors (Lipinski definition) is 4. The van der Waals surface area contributed by atoms with Gasteiger partial charge in [-0.05, 0) is 52.3 Å². The number of carbonyl (C=O) groups is 1. The van der Waals surface area contributed by atoms with Crippen molar-refractivity contribution in [2.24, 2.45) is 0 Å². The van der Waals surface area contributed by atoms with Gasteiger partial charge in [0.2, 0.25) is 0 Å². The second-order valence-electron chi connectivity index (χ2n) is 6.72. The number of carbonyl (C=O) groups excluding carboxylic acids is 1. The Kier molecular flexibility index (Phi) is 6.49. The van der Waals surface area contributed by atoms with Crippen molar-refractivity contribution in [1.29, 1.82) is 0 Å². The van der Waals surface area contributed by atoms with E-state index in [9.17, 15) is 22.8 Å². The van der Waals surface area contributed by atoms with E-state index in [4.69, 9.17) is 11.6 Å². The van der Waals surface area contributed by atoms with Crippen LogP contribution in [0, 0.1) is 0 Å². The van der Waals surface area contributed by atoms with Crippen LogP contribution in [0.3, 0.4) is 0 Å². The summed E-state index contributed by atoms with van der Waals surface area (Å²) in [4.78, 5) is 44.4. The first-order valence-corrected chi connectivity index (χ1v) is 12.8. The SMILES string of the molecule is CNc1cc2[nH]c(=O)n(-c3ccc(NC(=O)NS(=O)(=O)c4ccc(Cl)s4)cn3)c(=O)c2cc1Br. The number of nitrogens with zero attached hydrogens (tertiary/aromatic N) is 2. The molecule has 3 heterocycles. The molecule has 1 aromatic carbocycles. The zero-order valence-corrected chi connectivity index (χ0v) is 21.0. The molecule has 0 spiro atoms. The second-order valence-corrected chi connectivity index (χ2v) is 11.2. The Bertz CT molecular complexity index is 1650. The molecule has 0 aliphatic rings. The van der Waals surface area contributed by atoms with Crippen LogP contribution in [0.25, 0.3) is 16.7 Å². The molecule has 0 fully saturated rings. The summed E-state index contributed by atoms with van der Waals surface area (Å²) in [6.45, 7) is 0. The van der Waals surface area contributed by atoms with E-state index < -0.39 is 27.3 Å². The van der Waals surface area contributed by atoms with Crippen molar-refractivity contribution in [2.45, 2.75) is 4.21 Å². The molecule has 2 amide bonds. The monoisotopic (exact) mass is 584 g/mol. The van der Waals surface area contributed by atoms with Crippen LogP contribution in [-0.4, -0.2) is 36.0 Å². The van der Waals surface area contributed by atoms with Gasteiger partial charge in [0.1, 0.15) is 10.0 Å². The summed E-state index contributed by atoms with van der Waals surface area (Å²) in [6.07, 6.45) is 1.18. The maximum Gasteiger partial charge on any atom is 0.334 e. The van der Waals surface area contributed by atoms with E-state index in [0.717, 1.165) is 15.9 Å². The molecule has 0 saturated heterocycles. The molecule has 4 N–H and O–H groups in total. The van der Waals surface area contributed by atoms with Crippen molar-refractivity contribution in [1.82, 2.24) is 19.3 Å². The predicted molar refractivity (Wildman–Crippen MR) is 134 cm³/mol. The number of hydrogen-bond acceptors (Lipinski definition) is 8. The number of urea groups is 1. The van der Waals surface area contributed by atoms with E-state index in [1.165, 1.54) is 30.5 Å². The highest BCUT2D eigenvalue weighted by Crippen LogP contribution is 2.26. The van der Waals surface area contributed by atoms with Crippen molar-refractivity contribution in [3.05, 3.63) is 72.2 Å². The Morgan fingerprint density at radius 2 is 1.97 bits per heavy atom. The van der Waals surface area contributed by atoms with Gasteiger partial charge in [-0.25, -0.2) is 32.3 Å². The fourth-order valence-electron chi connectivity index (χ4n) is 3.00. The van der Waals surface area contributed by atoms with Crippen LogP contribution in [0.4, 0.5) is 16.2 Å². The second kappa shape index (κ2) is 9.21. The topological polar surface area (TPSA) is 155 Å². The third kappa shape index (κ3) is 4.70. The third-order valence-corrected chi connectivity index (χ3v) is 8.24. The molecule has 15 heteroatoms. The Morgan fingerprint density at radius 3 is 2.59 bits per heavy atom. The minimum absolute atomic E-state index is 0.00812. The fraction of sp³-hybridized carbons (Fsp3) is 0.0526. The first-order valence-electron chi connectivity index (χ1n) is 9.31. The minimum Gasteiger partial charge on any atom is -0.387 e. The van der Waals surface area contributed by atoms with Crippen LogP contribution in [-0.2, 0) is 10.0 Å². The number of sulfonamides is 1. The van der Waals surface area contributed by atoms with Gasteiger partial charge in [0.25, 0.3) is 15.6 Å². The van der Waals surface area contributed by atoms with Gasteiger partial charge in [0.15, 0.2) is 0 Å². The van der Waals surface area contributed by atoms with Gasteiger partial charge in [-0.1, -0.05) is 11.6 Å². The van der Waals surface area contributed by atoms with Crippen LogP contribution in [0.1, 0.15) is 0 Å². The largest absolute Gasteiger partial charge is 0.387 e. The van der Waals surface area contributed by atoms with Gasteiger partial charge in [0, 0.05) is 11.5 Å². The summed E-state index contributed by atoms with van der Waals surface area (Å²) in [6, 6.07) is 7.56. The summed E-state index contributed by atoms with van der Waals surface area (Å²) in [7, 11) is -2.39. The molecule has 0 atom stereocenters. The first-order chi connectivity index (χ1) is 16.1. The van der Waals surface area contributed by atoms with Crippen molar-refractivity contribution in [3.63, 3.8) is 0 Å².